The standard InChI is InChI=1S/C26H36N4O.C21H26N2O2.C13H19BrN2.C8H9BO4.C7H6Br2.C7H7Br.C6H14N2.C3H5I3.C3H6I2.C3H7I.C3H6I.C3H7.5C2H6.3CH3.Al.2V/c1-27-13-3-15-29(19-17-27)21-22-5-7-23(8-6-22)24-9-11-25(12-10-24)26(31)30-16-4-14-28(2)18-20-30;1-22-12-3-13-23(15-14-22)16-17-4-6-18(7-5-17)19-8-10-20(11-9-19)21(24)25-2;1-15-7-2-8-16(10-9-15)11-12-3-5-13(14)6-4-12;1-13-8(10)6-2-4-7(5-3-6)9(11)12;8-5-6-1-3-7(9)4-2-6;1-6-2-4-7(8)5-3-6;1-8-5-2-3-7-4-6-8;1-2-3(4,5)6;1-2-3(4)5;2*1-2-3-4;1-3-2;5*1-2;;;;;;/h5-12H,3-4,13-21H2,1-2H3;4-11H,3,12-16H2,1-2H3;3-6H,2,7-11H2,1H3;2-5,11-12H,1H3;1-4H,5H2;2-5H,1H3;7H,2-6H2,1H3;2H2,1H3;3H,2H2,1H3;2-3H2,1H3;3H,2H2,1H3;1,3H2,2H3;5*1-2H3;3*1H3;;;/q;;;;;;;;;;2*-1;;;;;;;;;;;. The van der Waals surface area contributed by atoms with Crippen LogP contribution in [0, 0.1) is 18.3 Å². The molecule has 13 rings (SSSR count). The van der Waals surface area contributed by atoms with Crippen LogP contribution in [0.5, 0.6) is 0 Å². The summed E-state index contributed by atoms with van der Waals surface area (Å²) in [4.78, 5) is 56.9. The molecule has 0 bridgehead atoms. The van der Waals surface area contributed by atoms with Crippen molar-refractivity contribution in [3.05, 3.63) is 263 Å². The van der Waals surface area contributed by atoms with Crippen LogP contribution in [-0.4, -0.2) is 279 Å². The molecule has 8 aromatic carbocycles. The Labute approximate surface area is 1060 Å². The molecule has 32 heteroatoms. The van der Waals surface area contributed by atoms with Crippen molar-refractivity contribution >= 4 is 266 Å². The minimum Gasteiger partial charge on any atom is -0.465 e. The van der Waals surface area contributed by atoms with Crippen LogP contribution in [0.25, 0.3) is 22.3 Å². The fourth-order valence-corrected chi connectivity index (χ4v) is 14.1. The van der Waals surface area contributed by atoms with Gasteiger partial charge in [0.1, 0.15) is -0.565 Å². The number of ether oxygens (including phenoxy) is 2. The Balaban J connectivity index is -0.000000307. The van der Waals surface area contributed by atoms with E-state index in [1.807, 2.05) is 142 Å². The van der Waals surface area contributed by atoms with Gasteiger partial charge in [0.2, 0.25) is 0 Å². The van der Waals surface area contributed by atoms with E-state index in [0.717, 1.165) is 134 Å². The van der Waals surface area contributed by atoms with Gasteiger partial charge < -0.3 is 83.8 Å². The first kappa shape index (κ1) is 161. The molecule has 5 fully saturated rings. The minimum atomic E-state index is -1.51. The number of methoxy groups -OCH3 is 2. The molecule has 5 heterocycles. The largest absolute Gasteiger partial charge is 0.488 e. The Hall–Kier alpha value is 0.526. The molecule has 0 spiro atoms. The summed E-state index contributed by atoms with van der Waals surface area (Å²) < 4.78 is 17.3. The molecule has 17 nitrogen and oxygen atoms in total. The first-order valence-corrected chi connectivity index (χ1v) is 67.9. The summed E-state index contributed by atoms with van der Waals surface area (Å²) in [5.41, 5.74) is 13.4. The maximum atomic E-state index is 12.9. The number of likely N-dealkylation sites (N-methyl/N-ethyl adjacent to an activating group) is 5. The van der Waals surface area contributed by atoms with Gasteiger partial charge in [-0.2, -0.15) is 12.8 Å². The molecule has 8 aromatic rings. The summed E-state index contributed by atoms with van der Waals surface area (Å²) in [5.74, 6) is 6.32. The first-order valence-electron chi connectivity index (χ1n) is 52.4. The van der Waals surface area contributed by atoms with Gasteiger partial charge in [0.25, 0.3) is 20.1 Å². The monoisotopic (exact) mass is 3180 g/mol. The summed E-state index contributed by atoms with van der Waals surface area (Å²) in [6.45, 7) is 62.0. The number of rotatable bonds is 17. The molecule has 0 saturated carbocycles. The number of aryl methyl sites for hydroxylation is 1. The van der Waals surface area contributed by atoms with Crippen molar-refractivity contribution in [3.63, 3.8) is 0 Å². The number of carbonyl (C=O) groups excluding carboxylic acids is 3. The average molecular weight is 3180 g/mol. The van der Waals surface area contributed by atoms with E-state index in [1.165, 1.54) is 200 Å². The Morgan fingerprint density at radius 3 is 0.980 bits per heavy atom. The van der Waals surface area contributed by atoms with Crippen LogP contribution < -0.4 is 10.8 Å². The van der Waals surface area contributed by atoms with E-state index < -0.39 is 13.1 Å². The molecular formula is C116H187AlBBr4I7N10O7V2-2. The van der Waals surface area contributed by atoms with Gasteiger partial charge in [0.15, 0.2) is 0 Å². The number of esters is 2. The molecule has 3 N–H and O–H groups in total. The molecule has 148 heavy (non-hydrogen) atoms. The second kappa shape index (κ2) is 109. The number of nitrogens with one attached hydrogen (secondary N) is 1. The molecule has 2 radical (unpaired) electrons. The summed E-state index contributed by atoms with van der Waals surface area (Å²) in [5, 5.41) is 21.8. The van der Waals surface area contributed by atoms with E-state index in [1.54, 1.807) is 0 Å². The predicted octanol–water partition coefficient (Wildman–Crippen LogP) is 31.8. The molecule has 1 amide bonds. The molecule has 838 valence electrons. The van der Waals surface area contributed by atoms with Gasteiger partial charge in [-0.3, -0.25) is 23.9 Å². The van der Waals surface area contributed by atoms with Crippen LogP contribution in [0.4, 0.5) is 0 Å². The van der Waals surface area contributed by atoms with E-state index in [2.05, 4.69) is 479 Å². The smallest absolute Gasteiger partial charge is 0.465 e. The SMILES string of the molecule is BrCc1ccc(Br)cc1.CC.CC.CC.CC.CC.CCC(I)(I)I.CCC(I)I.CCCI.CC[CH-]I.CN1CCCN(Cc2ccc(-c3ccc(C(=O)N4CCCN(C)CC4)cc3)cc2)CC1.CN1CCCN(Cc2ccc(Br)cc2)CC1.CN1CCCNCC1.COC(=O)c1ccc(-c2ccc(CN3CCCN(C)CC3)cc2)cc1.COC(=O)c1ccc(B(O)O)cc1.Cc1ccc(Br)cc1.[CH2-]CC.[CH3][Al]([CH3])[CH3].[V].[V]. The van der Waals surface area contributed by atoms with Crippen LogP contribution in [0.15, 0.2) is 208 Å². The zero-order chi connectivity index (χ0) is 112. The summed E-state index contributed by atoms with van der Waals surface area (Å²) in [7, 11) is 12.1. The Morgan fingerprint density at radius 2 is 0.703 bits per heavy atom. The molecule has 0 unspecified atom stereocenters. The van der Waals surface area contributed by atoms with Gasteiger partial charge in [-0.05, 0) is 280 Å². The van der Waals surface area contributed by atoms with Crippen molar-refractivity contribution < 1.29 is 71.0 Å². The molecule has 5 aliphatic rings. The summed E-state index contributed by atoms with van der Waals surface area (Å²) in [6, 6.07) is 64.3. The van der Waals surface area contributed by atoms with Crippen LogP contribution >= 0.6 is 222 Å². The Bertz CT molecular complexity index is 4270. The van der Waals surface area contributed by atoms with Gasteiger partial charge in [0, 0.05) is 153 Å². The van der Waals surface area contributed by atoms with Gasteiger partial charge >= 0.3 is 19.1 Å². The number of nitrogens with zero attached hydrogens (tertiary/aromatic N) is 9. The molecule has 0 atom stereocenters. The van der Waals surface area contributed by atoms with Gasteiger partial charge in [0.05, 0.1) is 27.3 Å². The van der Waals surface area contributed by atoms with Gasteiger partial charge in [-0.15, -0.1) is 17.4 Å². The third-order valence-corrected chi connectivity index (χ3v) is 29.2. The van der Waals surface area contributed by atoms with Crippen LogP contribution in [0.1, 0.15) is 227 Å². The normalized spacial score (nSPS) is 14.0. The number of alkyl halides is 7. The molecule has 5 aliphatic heterocycles. The second-order valence-electron chi connectivity index (χ2n) is 34.1. The number of amides is 1. The Kier molecular flexibility index (Phi) is 119. The zero-order valence-corrected chi connectivity index (χ0v) is 120. The number of halogens is 11. The van der Waals surface area contributed by atoms with Gasteiger partial charge in [-0.25, -0.2) is 9.59 Å². The Morgan fingerprint density at radius 1 is 0.439 bits per heavy atom. The van der Waals surface area contributed by atoms with Crippen molar-refractivity contribution in [2.45, 2.75) is 219 Å². The number of carbonyl (C=O) groups is 3. The average Bonchev–Trinajstić information content (AvgIpc) is 1.11. The number of benzene rings is 8. The summed E-state index contributed by atoms with van der Waals surface area (Å²) >= 11 is 30.0. The third-order valence-electron chi connectivity index (χ3n) is 20.9. The van der Waals surface area contributed by atoms with Crippen LogP contribution in [0.3, 0.4) is 0 Å². The van der Waals surface area contributed by atoms with Gasteiger partial charge in [-0.1, -0.05) is 430 Å². The third kappa shape index (κ3) is 89.2. The van der Waals surface area contributed by atoms with Crippen LogP contribution in [-0.2, 0) is 71.5 Å². The second-order valence-corrected chi connectivity index (χ2v) is 60.0. The van der Waals surface area contributed by atoms with E-state index in [-0.39, 0.29) is 63.1 Å². The topological polar surface area (TPSA) is 151 Å². The van der Waals surface area contributed by atoms with Crippen molar-refractivity contribution in [1.29, 1.82) is 0 Å². The fourth-order valence-electron chi connectivity index (χ4n) is 12.9. The van der Waals surface area contributed by atoms with Crippen molar-refractivity contribution in [2.75, 3.05) is 185 Å². The molecule has 0 aliphatic carbocycles. The maximum Gasteiger partial charge on any atom is 0.488 e. The molecule has 0 aromatic heterocycles. The van der Waals surface area contributed by atoms with Crippen LogP contribution in [0.2, 0.25) is 17.4 Å². The number of hydrogen-bond donors (Lipinski definition) is 3. The maximum absolute atomic E-state index is 12.9. The van der Waals surface area contributed by atoms with E-state index in [0.29, 0.717) is 16.0 Å². The van der Waals surface area contributed by atoms with Crippen molar-refractivity contribution in [3.8, 4) is 22.3 Å². The zero-order valence-electron chi connectivity index (χ0n) is 94.8. The van der Waals surface area contributed by atoms with Crippen molar-refractivity contribution in [1.82, 2.24) is 49.4 Å². The van der Waals surface area contributed by atoms with E-state index >= 15 is 0 Å². The molecule has 5 saturated heterocycles. The predicted molar refractivity (Wildman–Crippen MR) is 718 cm³/mol. The quantitative estimate of drug-likeness (QED) is 0.0260. The first-order chi connectivity index (χ1) is 69.9. The van der Waals surface area contributed by atoms with E-state index in [9.17, 15) is 14.4 Å². The number of hydrogen-bond acceptors (Lipinski definition) is 16. The van der Waals surface area contributed by atoms with E-state index in [4.69, 9.17) is 14.8 Å². The summed E-state index contributed by atoms with van der Waals surface area (Å²) in [6.07, 6.45) is 12.1. The fraction of sp³-hybridized carbons (Fsp3) is 0.543. The minimum absolute atomic E-state index is 0. The van der Waals surface area contributed by atoms with Crippen molar-refractivity contribution in [2.24, 2.45) is 0 Å². The molecular weight excluding hydrogens is 2990 g/mol.